The van der Waals surface area contributed by atoms with Crippen molar-refractivity contribution in [2.45, 2.75) is 77.3 Å². The summed E-state index contributed by atoms with van der Waals surface area (Å²) in [6.07, 6.45) is 15.4. The molecule has 6 heteroatoms. The van der Waals surface area contributed by atoms with Gasteiger partial charge < -0.3 is 10.2 Å². The number of aromatic nitrogens is 1. The van der Waals surface area contributed by atoms with E-state index in [0.717, 1.165) is 48.5 Å². The van der Waals surface area contributed by atoms with Crippen LogP contribution < -0.4 is 5.32 Å². The predicted molar refractivity (Wildman–Crippen MR) is 121 cm³/mol. The van der Waals surface area contributed by atoms with Crippen LogP contribution in [0.25, 0.3) is 5.70 Å². The van der Waals surface area contributed by atoms with Gasteiger partial charge in [0.15, 0.2) is 5.01 Å². The summed E-state index contributed by atoms with van der Waals surface area (Å²) in [7, 11) is 0. The number of nitrogens with zero attached hydrogens (tertiary/aromatic N) is 3. The van der Waals surface area contributed by atoms with Crippen LogP contribution in [0, 0.1) is 0 Å². The number of carbonyl (C=O) groups excluding carboxylic acids is 1. The summed E-state index contributed by atoms with van der Waals surface area (Å²) in [6, 6.07) is 0.599. The van der Waals surface area contributed by atoms with Crippen LogP contribution in [0.2, 0.25) is 0 Å². The standard InChI is InChI=1S/C23H30N4OS/c1-4-24-22-20(16(3)27-15(2)14-17-10-8-9-13-19(17)27)26-23(29-22)21(28)25-18-11-6-5-7-12-18/h4,10,13,15,18H,3,5-9,11-12,14H2,1-2H3,(H,25,28)/t15-/m0/s1. The number of nitrogens with one attached hydrogen (secondary N) is 1. The molecule has 1 aromatic heterocycles. The first-order valence-corrected chi connectivity index (χ1v) is 11.6. The average molecular weight is 411 g/mol. The number of thiazole rings is 1. The summed E-state index contributed by atoms with van der Waals surface area (Å²) in [4.78, 5) is 24.3. The molecule has 1 N–H and O–H groups in total. The lowest BCUT2D eigenvalue weighted by molar-refractivity contribution is 0.0927. The van der Waals surface area contributed by atoms with Gasteiger partial charge in [0.2, 0.25) is 0 Å². The number of amides is 1. The Morgan fingerprint density at radius 1 is 1.31 bits per heavy atom. The Morgan fingerprint density at radius 3 is 2.83 bits per heavy atom. The van der Waals surface area contributed by atoms with Crippen LogP contribution in [0.15, 0.2) is 35.0 Å². The Morgan fingerprint density at radius 2 is 2.07 bits per heavy atom. The highest BCUT2D eigenvalue weighted by Gasteiger charge is 2.34. The minimum absolute atomic E-state index is 0.0829. The third-order valence-corrected chi connectivity index (χ3v) is 6.96. The smallest absolute Gasteiger partial charge is 0.280 e. The van der Waals surface area contributed by atoms with Crippen molar-refractivity contribution in [2.75, 3.05) is 0 Å². The second-order valence-electron chi connectivity index (χ2n) is 8.13. The third-order valence-electron chi connectivity index (χ3n) is 5.99. The van der Waals surface area contributed by atoms with Gasteiger partial charge in [0.25, 0.3) is 5.91 Å². The predicted octanol–water partition coefficient (Wildman–Crippen LogP) is 5.60. The summed E-state index contributed by atoms with van der Waals surface area (Å²) in [5.74, 6) is -0.0829. The molecule has 4 rings (SSSR count). The highest BCUT2D eigenvalue weighted by atomic mass is 32.1. The number of hydrogen-bond donors (Lipinski definition) is 1. The zero-order valence-electron chi connectivity index (χ0n) is 17.4. The van der Waals surface area contributed by atoms with Crippen LogP contribution in [0.4, 0.5) is 5.00 Å². The van der Waals surface area contributed by atoms with E-state index < -0.39 is 0 Å². The number of rotatable bonds is 5. The molecule has 1 atom stereocenters. The molecule has 1 saturated heterocycles. The number of allylic oxidation sites excluding steroid dienone is 3. The van der Waals surface area contributed by atoms with E-state index in [-0.39, 0.29) is 11.9 Å². The van der Waals surface area contributed by atoms with Gasteiger partial charge in [-0.3, -0.25) is 4.79 Å². The summed E-state index contributed by atoms with van der Waals surface area (Å²) in [5, 5.41) is 4.41. The van der Waals surface area contributed by atoms with Crippen molar-refractivity contribution in [3.05, 3.63) is 40.7 Å². The van der Waals surface area contributed by atoms with Gasteiger partial charge in [-0.15, -0.1) is 0 Å². The Kier molecular flexibility index (Phi) is 5.99. The fraction of sp³-hybridized carbons (Fsp3) is 0.522. The molecule has 0 radical (unpaired) electrons. The van der Waals surface area contributed by atoms with Crippen molar-refractivity contribution >= 4 is 34.2 Å². The second-order valence-corrected chi connectivity index (χ2v) is 9.11. The van der Waals surface area contributed by atoms with Crippen LogP contribution in [-0.2, 0) is 0 Å². The minimum Gasteiger partial charge on any atom is -0.347 e. The van der Waals surface area contributed by atoms with Gasteiger partial charge in [0.05, 0.1) is 5.70 Å². The zero-order chi connectivity index (χ0) is 20.4. The largest absolute Gasteiger partial charge is 0.347 e. The first kappa shape index (κ1) is 20.1. The lowest BCUT2D eigenvalue weighted by Crippen LogP contribution is -2.36. The average Bonchev–Trinajstić information content (AvgIpc) is 3.29. The summed E-state index contributed by atoms with van der Waals surface area (Å²) >= 11 is 1.36. The van der Waals surface area contributed by atoms with E-state index in [9.17, 15) is 4.79 Å². The molecular weight excluding hydrogens is 380 g/mol. The number of aliphatic imine (C=N–C) groups is 1. The topological polar surface area (TPSA) is 57.6 Å². The number of carbonyl (C=O) groups is 1. The lowest BCUT2D eigenvalue weighted by atomic mass is 9.95. The van der Waals surface area contributed by atoms with E-state index in [1.165, 1.54) is 41.9 Å². The normalized spacial score (nSPS) is 22.4. The molecule has 1 aromatic rings. The minimum atomic E-state index is -0.0829. The molecule has 2 aliphatic carbocycles. The van der Waals surface area contributed by atoms with E-state index >= 15 is 0 Å². The van der Waals surface area contributed by atoms with Crippen LogP contribution >= 0.6 is 11.3 Å². The van der Waals surface area contributed by atoms with E-state index in [1.54, 1.807) is 6.21 Å². The summed E-state index contributed by atoms with van der Waals surface area (Å²) in [5.41, 5.74) is 4.21. The second kappa shape index (κ2) is 8.66. The van der Waals surface area contributed by atoms with Crippen LogP contribution in [0.3, 0.4) is 0 Å². The van der Waals surface area contributed by atoms with E-state index in [4.69, 9.17) is 4.98 Å². The molecule has 2 heterocycles. The van der Waals surface area contributed by atoms with E-state index in [2.05, 4.69) is 40.9 Å². The first-order valence-electron chi connectivity index (χ1n) is 10.8. The molecule has 0 unspecified atom stereocenters. The highest BCUT2D eigenvalue weighted by molar-refractivity contribution is 7.17. The fourth-order valence-corrected chi connectivity index (χ4v) is 5.51. The maximum atomic E-state index is 12.8. The Balaban J connectivity index is 1.59. The molecule has 5 nitrogen and oxygen atoms in total. The summed E-state index contributed by atoms with van der Waals surface area (Å²) < 4.78 is 0. The molecule has 154 valence electrons. The molecule has 0 spiro atoms. The van der Waals surface area contributed by atoms with Crippen molar-refractivity contribution in [3.8, 4) is 0 Å². The van der Waals surface area contributed by atoms with Crippen molar-refractivity contribution in [1.82, 2.24) is 15.2 Å². The van der Waals surface area contributed by atoms with E-state index in [0.29, 0.717) is 11.0 Å². The van der Waals surface area contributed by atoms with Gasteiger partial charge in [-0.2, -0.15) is 0 Å². The molecule has 2 fully saturated rings. The number of hydrogen-bond acceptors (Lipinski definition) is 5. The van der Waals surface area contributed by atoms with Crippen molar-refractivity contribution in [2.24, 2.45) is 4.99 Å². The maximum absolute atomic E-state index is 12.8. The fourth-order valence-electron chi connectivity index (χ4n) is 4.62. The highest BCUT2D eigenvalue weighted by Crippen LogP contribution is 2.43. The van der Waals surface area contributed by atoms with Crippen LogP contribution in [0.5, 0.6) is 0 Å². The Hall–Kier alpha value is -2.21. The van der Waals surface area contributed by atoms with Gasteiger partial charge in [0, 0.05) is 24.0 Å². The monoisotopic (exact) mass is 410 g/mol. The Labute approximate surface area is 177 Å². The molecule has 1 amide bonds. The molecule has 1 saturated carbocycles. The molecule has 29 heavy (non-hydrogen) atoms. The molecular formula is C23H30N4OS. The lowest BCUT2D eigenvalue weighted by Gasteiger charge is -2.27. The van der Waals surface area contributed by atoms with Crippen LogP contribution in [-0.4, -0.2) is 34.1 Å². The van der Waals surface area contributed by atoms with Gasteiger partial charge >= 0.3 is 0 Å². The Bertz CT molecular complexity index is 889. The molecule has 1 aliphatic heterocycles. The molecule has 3 aliphatic rings. The maximum Gasteiger partial charge on any atom is 0.280 e. The molecule has 0 aromatic carbocycles. The number of fused-ring (bicyclic) bond motifs is 1. The van der Waals surface area contributed by atoms with Gasteiger partial charge in [-0.05, 0) is 51.5 Å². The zero-order valence-corrected chi connectivity index (χ0v) is 18.2. The SMILES string of the molecule is C=C(c1nc(C(=O)NC2CCCCC2)sc1N=CC)N1C2=CCCC=C2C[C@@H]1C. The first-order chi connectivity index (χ1) is 14.1. The third kappa shape index (κ3) is 4.08. The number of likely N-dealkylation sites (tertiary alicyclic amines) is 1. The van der Waals surface area contributed by atoms with Crippen molar-refractivity contribution < 1.29 is 4.79 Å². The quantitative estimate of drug-likeness (QED) is 0.643. The van der Waals surface area contributed by atoms with Crippen molar-refractivity contribution in [3.63, 3.8) is 0 Å². The van der Waals surface area contributed by atoms with Crippen molar-refractivity contribution in [1.29, 1.82) is 0 Å². The van der Waals surface area contributed by atoms with Gasteiger partial charge in [0.1, 0.15) is 10.7 Å². The van der Waals surface area contributed by atoms with Gasteiger partial charge in [-0.25, -0.2) is 9.98 Å². The van der Waals surface area contributed by atoms with E-state index in [1.807, 2.05) is 6.92 Å². The van der Waals surface area contributed by atoms with Crippen LogP contribution in [0.1, 0.15) is 80.7 Å². The summed E-state index contributed by atoms with van der Waals surface area (Å²) in [6.45, 7) is 8.48. The van der Waals surface area contributed by atoms with Gasteiger partial charge in [-0.1, -0.05) is 49.3 Å². The molecule has 0 bridgehead atoms.